The number of ether oxygens (including phenoxy) is 1. The number of amides is 1. The number of carbonyl (C=O) groups is 1. The zero-order valence-electron chi connectivity index (χ0n) is 8.63. The highest BCUT2D eigenvalue weighted by Crippen LogP contribution is 2.10. The summed E-state index contributed by atoms with van der Waals surface area (Å²) in [5.74, 6) is 0.620. The lowest BCUT2D eigenvalue weighted by atomic mass is 10.2. The van der Waals surface area contributed by atoms with Gasteiger partial charge < -0.3 is 10.1 Å². The molecule has 3 nitrogen and oxygen atoms in total. The topological polar surface area (TPSA) is 38.3 Å². The van der Waals surface area contributed by atoms with Crippen molar-refractivity contribution < 1.29 is 9.53 Å². The van der Waals surface area contributed by atoms with Gasteiger partial charge in [0.1, 0.15) is 18.2 Å². The first-order valence-electron chi connectivity index (χ1n) is 4.74. The molecule has 0 aromatic heterocycles. The highest BCUT2D eigenvalue weighted by Gasteiger charge is 1.97. The molecule has 0 saturated heterocycles. The second-order valence-electron chi connectivity index (χ2n) is 3.15. The molecule has 0 saturated carbocycles. The Morgan fingerprint density at radius 2 is 2.07 bits per heavy atom. The molecule has 1 aromatic rings. The van der Waals surface area contributed by atoms with E-state index in [4.69, 9.17) is 16.3 Å². The number of rotatable bonds is 5. The number of aryl methyl sites for hydroxylation is 1. The second kappa shape index (κ2) is 6.30. The number of alkyl halides is 1. The Hall–Kier alpha value is -1.22. The number of nitrogens with one attached hydrogen (secondary N) is 1. The SMILES string of the molecule is Cc1ccc(OCCNC(=O)CCl)cc1. The maximum absolute atomic E-state index is 10.8. The van der Waals surface area contributed by atoms with Crippen LogP contribution < -0.4 is 10.1 Å². The van der Waals surface area contributed by atoms with Gasteiger partial charge in [-0.15, -0.1) is 11.6 Å². The van der Waals surface area contributed by atoms with Crippen molar-refractivity contribution in [3.63, 3.8) is 0 Å². The average Bonchev–Trinajstić information content (AvgIpc) is 2.26. The third-order valence-electron chi connectivity index (χ3n) is 1.84. The van der Waals surface area contributed by atoms with Crippen LogP contribution in [0.2, 0.25) is 0 Å². The molecule has 0 fully saturated rings. The fourth-order valence-corrected chi connectivity index (χ4v) is 1.14. The number of carbonyl (C=O) groups excluding carboxylic acids is 1. The third kappa shape index (κ3) is 4.70. The van der Waals surface area contributed by atoms with Crippen molar-refractivity contribution in [3.8, 4) is 5.75 Å². The lowest BCUT2D eigenvalue weighted by Crippen LogP contribution is -2.28. The van der Waals surface area contributed by atoms with E-state index < -0.39 is 0 Å². The summed E-state index contributed by atoms with van der Waals surface area (Å²) in [4.78, 5) is 10.8. The summed E-state index contributed by atoms with van der Waals surface area (Å²) in [5, 5.41) is 2.62. The highest BCUT2D eigenvalue weighted by atomic mass is 35.5. The molecule has 4 heteroatoms. The molecule has 15 heavy (non-hydrogen) atoms. The summed E-state index contributed by atoms with van der Waals surface area (Å²) in [7, 11) is 0. The van der Waals surface area contributed by atoms with Crippen molar-refractivity contribution in [2.24, 2.45) is 0 Å². The number of benzene rings is 1. The van der Waals surface area contributed by atoms with Gasteiger partial charge >= 0.3 is 0 Å². The molecule has 0 atom stereocenters. The first-order valence-corrected chi connectivity index (χ1v) is 5.28. The average molecular weight is 228 g/mol. The van der Waals surface area contributed by atoms with Crippen LogP contribution in [0.25, 0.3) is 0 Å². The molecular weight excluding hydrogens is 214 g/mol. The smallest absolute Gasteiger partial charge is 0.235 e. The largest absolute Gasteiger partial charge is 0.492 e. The Bertz CT molecular complexity index is 311. The molecule has 0 unspecified atom stereocenters. The first kappa shape index (κ1) is 11.9. The minimum absolute atomic E-state index is 0.00939. The van der Waals surface area contributed by atoms with Crippen LogP contribution in [0.15, 0.2) is 24.3 Å². The minimum Gasteiger partial charge on any atom is -0.492 e. The van der Waals surface area contributed by atoms with Gasteiger partial charge in [-0.2, -0.15) is 0 Å². The van der Waals surface area contributed by atoms with Gasteiger partial charge in [0.15, 0.2) is 0 Å². The van der Waals surface area contributed by atoms with Gasteiger partial charge in [-0.05, 0) is 19.1 Å². The maximum atomic E-state index is 10.8. The zero-order valence-corrected chi connectivity index (χ0v) is 9.38. The molecule has 0 bridgehead atoms. The molecule has 0 spiro atoms. The van der Waals surface area contributed by atoms with Gasteiger partial charge in [-0.1, -0.05) is 17.7 Å². The van der Waals surface area contributed by atoms with Crippen molar-refractivity contribution in [1.29, 1.82) is 0 Å². The van der Waals surface area contributed by atoms with E-state index in [0.29, 0.717) is 13.2 Å². The van der Waals surface area contributed by atoms with Crippen molar-refractivity contribution in [2.75, 3.05) is 19.0 Å². The van der Waals surface area contributed by atoms with E-state index >= 15 is 0 Å². The van der Waals surface area contributed by atoms with Crippen molar-refractivity contribution in [3.05, 3.63) is 29.8 Å². The molecule has 0 aliphatic heterocycles. The van der Waals surface area contributed by atoms with Gasteiger partial charge in [0.05, 0.1) is 6.54 Å². The van der Waals surface area contributed by atoms with E-state index in [1.807, 2.05) is 31.2 Å². The van der Waals surface area contributed by atoms with E-state index in [9.17, 15) is 4.79 Å². The molecule has 82 valence electrons. The standard InChI is InChI=1S/C11H14ClNO2/c1-9-2-4-10(5-3-9)15-7-6-13-11(14)8-12/h2-5H,6-8H2,1H3,(H,13,14). The quantitative estimate of drug-likeness (QED) is 0.615. The maximum Gasteiger partial charge on any atom is 0.235 e. The summed E-state index contributed by atoms with van der Waals surface area (Å²) < 4.78 is 5.40. The third-order valence-corrected chi connectivity index (χ3v) is 2.08. The lowest BCUT2D eigenvalue weighted by molar-refractivity contribution is -0.118. The summed E-state index contributed by atoms with van der Waals surface area (Å²) in [6.45, 7) is 2.94. The minimum atomic E-state index is -0.177. The van der Waals surface area contributed by atoms with Gasteiger partial charge in [0.25, 0.3) is 0 Å². The van der Waals surface area contributed by atoms with E-state index in [0.717, 1.165) is 5.75 Å². The summed E-state index contributed by atoms with van der Waals surface area (Å²) in [5.41, 5.74) is 1.19. The summed E-state index contributed by atoms with van der Waals surface area (Å²) in [6.07, 6.45) is 0. The van der Waals surface area contributed by atoms with Crippen molar-refractivity contribution in [2.45, 2.75) is 6.92 Å². The predicted molar refractivity (Wildman–Crippen MR) is 60.4 cm³/mol. The Kier molecular flexibility index (Phi) is 4.98. The fourth-order valence-electron chi connectivity index (χ4n) is 1.04. The van der Waals surface area contributed by atoms with Crippen LogP contribution >= 0.6 is 11.6 Å². The molecule has 0 heterocycles. The monoisotopic (exact) mass is 227 g/mol. The molecule has 0 radical (unpaired) electrons. The fraction of sp³-hybridized carbons (Fsp3) is 0.364. The molecule has 0 aliphatic rings. The van der Waals surface area contributed by atoms with Crippen LogP contribution in [-0.2, 0) is 4.79 Å². The van der Waals surface area contributed by atoms with Gasteiger partial charge in [-0.3, -0.25) is 4.79 Å². The second-order valence-corrected chi connectivity index (χ2v) is 3.41. The Morgan fingerprint density at radius 3 is 2.67 bits per heavy atom. The first-order chi connectivity index (χ1) is 7.22. The Labute approximate surface area is 94.4 Å². The number of halogens is 1. The van der Waals surface area contributed by atoms with Gasteiger partial charge in [0, 0.05) is 0 Å². The summed E-state index contributed by atoms with van der Waals surface area (Å²) in [6, 6.07) is 7.76. The van der Waals surface area contributed by atoms with Crippen molar-refractivity contribution >= 4 is 17.5 Å². The van der Waals surface area contributed by atoms with Gasteiger partial charge in [-0.25, -0.2) is 0 Å². The van der Waals surface area contributed by atoms with Crippen LogP contribution in [0.5, 0.6) is 5.75 Å². The van der Waals surface area contributed by atoms with Crippen molar-refractivity contribution in [1.82, 2.24) is 5.32 Å². The van der Waals surface area contributed by atoms with Crippen LogP contribution in [0.3, 0.4) is 0 Å². The number of hydrogen-bond donors (Lipinski definition) is 1. The lowest BCUT2D eigenvalue weighted by Gasteiger charge is -2.06. The van der Waals surface area contributed by atoms with E-state index in [2.05, 4.69) is 5.32 Å². The zero-order chi connectivity index (χ0) is 11.1. The molecule has 0 aliphatic carbocycles. The molecular formula is C11H14ClNO2. The van der Waals surface area contributed by atoms with E-state index in [1.54, 1.807) is 0 Å². The summed E-state index contributed by atoms with van der Waals surface area (Å²) >= 11 is 5.31. The van der Waals surface area contributed by atoms with Crippen LogP contribution in [0.4, 0.5) is 0 Å². The predicted octanol–water partition coefficient (Wildman–Crippen LogP) is 1.73. The van der Waals surface area contributed by atoms with Gasteiger partial charge in [0.2, 0.25) is 5.91 Å². The molecule has 1 rings (SSSR count). The highest BCUT2D eigenvalue weighted by molar-refractivity contribution is 6.27. The number of hydrogen-bond acceptors (Lipinski definition) is 2. The van der Waals surface area contributed by atoms with Crippen LogP contribution in [0, 0.1) is 6.92 Å². The molecule has 1 amide bonds. The molecule has 1 aromatic carbocycles. The molecule has 1 N–H and O–H groups in total. The Balaban J connectivity index is 2.20. The van der Waals surface area contributed by atoms with E-state index in [-0.39, 0.29) is 11.8 Å². The Morgan fingerprint density at radius 1 is 1.40 bits per heavy atom. The van der Waals surface area contributed by atoms with Crippen LogP contribution in [-0.4, -0.2) is 24.9 Å². The van der Waals surface area contributed by atoms with Crippen LogP contribution in [0.1, 0.15) is 5.56 Å². The van der Waals surface area contributed by atoms with E-state index in [1.165, 1.54) is 5.56 Å². The normalized spacial score (nSPS) is 9.73.